The summed E-state index contributed by atoms with van der Waals surface area (Å²) in [5.41, 5.74) is 6.40. The number of piperazine rings is 1. The molecule has 0 aliphatic carbocycles. The zero-order valence-corrected chi connectivity index (χ0v) is 13.8. The lowest BCUT2D eigenvalue weighted by Crippen LogP contribution is -2.66. The van der Waals surface area contributed by atoms with Crippen LogP contribution in [0.3, 0.4) is 0 Å². The van der Waals surface area contributed by atoms with Gasteiger partial charge in [-0.15, -0.1) is 0 Å². The zero-order chi connectivity index (χ0) is 14.8. The van der Waals surface area contributed by atoms with Gasteiger partial charge in [0.1, 0.15) is 0 Å². The molecule has 2 rings (SSSR count). The first-order valence-corrected chi connectivity index (χ1v) is 8.32. The molecule has 0 saturated carbocycles. The van der Waals surface area contributed by atoms with Crippen molar-refractivity contribution in [1.82, 2.24) is 9.80 Å². The minimum Gasteiger partial charge on any atom is -0.375 e. The molecule has 2 heterocycles. The van der Waals surface area contributed by atoms with Crippen molar-refractivity contribution in [3.05, 3.63) is 0 Å². The van der Waals surface area contributed by atoms with Gasteiger partial charge in [0.15, 0.2) is 0 Å². The van der Waals surface area contributed by atoms with Gasteiger partial charge in [0.2, 0.25) is 0 Å². The molecule has 4 nitrogen and oxygen atoms in total. The van der Waals surface area contributed by atoms with E-state index >= 15 is 0 Å². The molecule has 2 fully saturated rings. The summed E-state index contributed by atoms with van der Waals surface area (Å²) >= 11 is 0. The van der Waals surface area contributed by atoms with Crippen LogP contribution in [0.25, 0.3) is 0 Å². The number of ether oxygens (including phenoxy) is 1. The summed E-state index contributed by atoms with van der Waals surface area (Å²) < 4.78 is 6.04. The van der Waals surface area contributed by atoms with Gasteiger partial charge in [0.25, 0.3) is 0 Å². The second kappa shape index (κ2) is 6.30. The van der Waals surface area contributed by atoms with Crippen LogP contribution in [0.4, 0.5) is 0 Å². The maximum absolute atomic E-state index is 6.25. The first kappa shape index (κ1) is 16.2. The van der Waals surface area contributed by atoms with Gasteiger partial charge in [0, 0.05) is 44.4 Å². The average molecular weight is 283 g/mol. The van der Waals surface area contributed by atoms with Gasteiger partial charge in [-0.25, -0.2) is 0 Å². The van der Waals surface area contributed by atoms with E-state index in [9.17, 15) is 0 Å². The SMILES string of the molecule is CCN1CCN(C2(CN)CCOC(C)(CC)C2)CC1C. The fourth-order valence-electron chi connectivity index (χ4n) is 4.02. The van der Waals surface area contributed by atoms with Crippen LogP contribution in [0.5, 0.6) is 0 Å². The highest BCUT2D eigenvalue weighted by Gasteiger charge is 2.46. The van der Waals surface area contributed by atoms with Crippen LogP contribution in [0, 0.1) is 0 Å². The zero-order valence-electron chi connectivity index (χ0n) is 13.8. The molecular formula is C16H33N3O. The summed E-state index contributed by atoms with van der Waals surface area (Å²) in [7, 11) is 0. The molecule has 0 bridgehead atoms. The Hall–Kier alpha value is -0.160. The van der Waals surface area contributed by atoms with Gasteiger partial charge >= 0.3 is 0 Å². The van der Waals surface area contributed by atoms with Crippen molar-refractivity contribution in [2.75, 3.05) is 39.3 Å². The predicted molar refractivity (Wildman–Crippen MR) is 83.9 cm³/mol. The van der Waals surface area contributed by atoms with Crippen LogP contribution in [0.1, 0.15) is 47.0 Å². The van der Waals surface area contributed by atoms with Crippen molar-refractivity contribution in [2.24, 2.45) is 5.73 Å². The molecule has 118 valence electrons. The number of rotatable bonds is 4. The van der Waals surface area contributed by atoms with Crippen molar-refractivity contribution >= 4 is 0 Å². The molecule has 2 saturated heterocycles. The molecule has 0 aromatic carbocycles. The molecule has 2 aliphatic rings. The lowest BCUT2D eigenvalue weighted by atomic mass is 9.77. The summed E-state index contributed by atoms with van der Waals surface area (Å²) in [5, 5.41) is 0. The van der Waals surface area contributed by atoms with Crippen molar-refractivity contribution in [3.63, 3.8) is 0 Å². The highest BCUT2D eigenvalue weighted by molar-refractivity contribution is 5.02. The Morgan fingerprint density at radius 1 is 1.30 bits per heavy atom. The maximum atomic E-state index is 6.25. The number of hydrogen-bond acceptors (Lipinski definition) is 4. The second-order valence-electron chi connectivity index (χ2n) is 6.93. The lowest BCUT2D eigenvalue weighted by Gasteiger charge is -2.54. The third-order valence-electron chi connectivity index (χ3n) is 5.69. The molecule has 2 aliphatic heterocycles. The first-order chi connectivity index (χ1) is 9.48. The first-order valence-electron chi connectivity index (χ1n) is 8.32. The summed E-state index contributed by atoms with van der Waals surface area (Å²) in [6.07, 6.45) is 3.23. The van der Waals surface area contributed by atoms with Crippen molar-refractivity contribution in [1.29, 1.82) is 0 Å². The highest BCUT2D eigenvalue weighted by Crippen LogP contribution is 2.38. The molecule has 0 aromatic rings. The second-order valence-corrected chi connectivity index (χ2v) is 6.93. The Labute approximate surface area is 124 Å². The molecule has 0 radical (unpaired) electrons. The topological polar surface area (TPSA) is 41.7 Å². The van der Waals surface area contributed by atoms with Crippen molar-refractivity contribution < 1.29 is 4.74 Å². The number of nitrogens with two attached hydrogens (primary N) is 1. The van der Waals surface area contributed by atoms with Crippen LogP contribution in [-0.2, 0) is 4.74 Å². The van der Waals surface area contributed by atoms with E-state index < -0.39 is 0 Å². The average Bonchev–Trinajstić information content (AvgIpc) is 2.47. The Morgan fingerprint density at radius 3 is 2.60 bits per heavy atom. The van der Waals surface area contributed by atoms with Gasteiger partial charge in [-0.2, -0.15) is 0 Å². The summed E-state index contributed by atoms with van der Waals surface area (Å²) in [6.45, 7) is 15.3. The van der Waals surface area contributed by atoms with Gasteiger partial charge in [-0.1, -0.05) is 13.8 Å². The quantitative estimate of drug-likeness (QED) is 0.852. The molecule has 3 atom stereocenters. The van der Waals surface area contributed by atoms with Crippen molar-refractivity contribution in [2.45, 2.75) is 64.1 Å². The number of likely N-dealkylation sites (N-methyl/N-ethyl adjacent to an activating group) is 1. The molecule has 20 heavy (non-hydrogen) atoms. The van der Waals surface area contributed by atoms with Crippen molar-refractivity contribution in [3.8, 4) is 0 Å². The van der Waals surface area contributed by atoms with E-state index in [1.807, 2.05) is 0 Å². The van der Waals surface area contributed by atoms with Crippen LogP contribution in [-0.4, -0.2) is 66.3 Å². The molecule has 3 unspecified atom stereocenters. The fraction of sp³-hybridized carbons (Fsp3) is 1.00. The molecule has 0 spiro atoms. The summed E-state index contributed by atoms with van der Waals surface area (Å²) in [6, 6.07) is 0.632. The molecule has 0 aromatic heterocycles. The van der Waals surface area contributed by atoms with E-state index in [1.54, 1.807) is 0 Å². The standard InChI is InChI=1S/C16H33N3O/c1-5-15(4)12-16(13-17,7-10-20-15)19-9-8-18(6-2)14(3)11-19/h14H,5-13,17H2,1-4H3. The monoisotopic (exact) mass is 283 g/mol. The van der Waals surface area contributed by atoms with Crippen LogP contribution < -0.4 is 5.73 Å². The Morgan fingerprint density at radius 2 is 2.05 bits per heavy atom. The maximum Gasteiger partial charge on any atom is 0.0670 e. The predicted octanol–water partition coefficient (Wildman–Crippen LogP) is 1.69. The van der Waals surface area contributed by atoms with Crippen LogP contribution >= 0.6 is 0 Å². The van der Waals surface area contributed by atoms with Crippen LogP contribution in [0.15, 0.2) is 0 Å². The summed E-state index contributed by atoms with van der Waals surface area (Å²) in [5.74, 6) is 0. The molecule has 0 amide bonds. The van der Waals surface area contributed by atoms with E-state index in [1.165, 1.54) is 6.54 Å². The van der Waals surface area contributed by atoms with E-state index in [0.717, 1.165) is 52.0 Å². The third kappa shape index (κ3) is 3.03. The molecule has 2 N–H and O–H groups in total. The van der Waals surface area contributed by atoms with Gasteiger partial charge < -0.3 is 10.5 Å². The van der Waals surface area contributed by atoms with Crippen LogP contribution in [0.2, 0.25) is 0 Å². The highest BCUT2D eigenvalue weighted by atomic mass is 16.5. The minimum absolute atomic E-state index is 0.00273. The lowest BCUT2D eigenvalue weighted by molar-refractivity contribution is -0.138. The third-order valence-corrected chi connectivity index (χ3v) is 5.69. The van der Waals surface area contributed by atoms with E-state index in [4.69, 9.17) is 10.5 Å². The van der Waals surface area contributed by atoms with Gasteiger partial charge in [-0.3, -0.25) is 9.80 Å². The normalized spacial score (nSPS) is 41.0. The largest absolute Gasteiger partial charge is 0.375 e. The Kier molecular flexibility index (Phi) is 5.11. The Bertz CT molecular complexity index is 325. The Balaban J connectivity index is 2.11. The van der Waals surface area contributed by atoms with E-state index in [2.05, 4.69) is 37.5 Å². The smallest absolute Gasteiger partial charge is 0.0670 e. The summed E-state index contributed by atoms with van der Waals surface area (Å²) in [4.78, 5) is 5.24. The minimum atomic E-state index is 0.00273. The van der Waals surface area contributed by atoms with E-state index in [-0.39, 0.29) is 11.1 Å². The van der Waals surface area contributed by atoms with Gasteiger partial charge in [0.05, 0.1) is 5.60 Å². The molecular weight excluding hydrogens is 250 g/mol. The fourth-order valence-corrected chi connectivity index (χ4v) is 4.02. The van der Waals surface area contributed by atoms with Gasteiger partial charge in [-0.05, 0) is 39.7 Å². The van der Waals surface area contributed by atoms with E-state index in [0.29, 0.717) is 6.04 Å². The number of hydrogen-bond donors (Lipinski definition) is 1. The molecule has 4 heteroatoms. The number of nitrogens with zero attached hydrogens (tertiary/aromatic N) is 2.